The molecule has 0 heterocycles. The highest BCUT2D eigenvalue weighted by molar-refractivity contribution is 5.96. The molecule has 10 heteroatoms. The third-order valence-electron chi connectivity index (χ3n) is 3.21. The number of halogens is 3. The van der Waals surface area contributed by atoms with Gasteiger partial charge in [0.15, 0.2) is 6.61 Å². The zero-order valence-electron chi connectivity index (χ0n) is 13.8. The Morgan fingerprint density at radius 3 is 2.38 bits per heavy atom. The molecule has 0 spiro atoms. The van der Waals surface area contributed by atoms with Gasteiger partial charge in [0.25, 0.3) is 11.8 Å². The van der Waals surface area contributed by atoms with E-state index in [9.17, 15) is 27.6 Å². The maximum absolute atomic E-state index is 12.4. The minimum atomic E-state index is -4.51. The molecule has 0 radical (unpaired) electrons. The van der Waals surface area contributed by atoms with Crippen LogP contribution in [0.1, 0.15) is 22.3 Å². The van der Waals surface area contributed by atoms with Crippen molar-refractivity contribution in [2.75, 3.05) is 26.7 Å². The van der Waals surface area contributed by atoms with E-state index >= 15 is 0 Å². The van der Waals surface area contributed by atoms with Crippen LogP contribution in [0.2, 0.25) is 0 Å². The summed E-state index contributed by atoms with van der Waals surface area (Å²) in [5, 5.41) is 10.6. The molecule has 0 aromatic heterocycles. The summed E-state index contributed by atoms with van der Waals surface area (Å²) in [5.41, 5.74) is -0.953. The molecule has 140 valence electrons. The van der Waals surface area contributed by atoms with Crippen LogP contribution in [0.5, 0.6) is 0 Å². The van der Waals surface area contributed by atoms with Crippen molar-refractivity contribution >= 4 is 17.8 Å². The van der Waals surface area contributed by atoms with Gasteiger partial charge in [-0.05, 0) is 24.3 Å². The smallest absolute Gasteiger partial charge is 0.416 e. The van der Waals surface area contributed by atoms with E-state index in [1.54, 1.807) is 0 Å². The summed E-state index contributed by atoms with van der Waals surface area (Å²) in [6, 6.07) is 5.34. The van der Waals surface area contributed by atoms with Gasteiger partial charge in [-0.15, -0.1) is 0 Å². The van der Waals surface area contributed by atoms with Gasteiger partial charge in [0.2, 0.25) is 0 Å². The molecule has 0 aliphatic heterocycles. The molecule has 0 saturated carbocycles. The van der Waals surface area contributed by atoms with Crippen LogP contribution in [0.25, 0.3) is 0 Å². The molecular weight excluding hydrogens is 355 g/mol. The Hall–Kier alpha value is -3.09. The molecule has 0 atom stereocenters. The fourth-order valence-corrected chi connectivity index (χ4v) is 1.71. The van der Waals surface area contributed by atoms with E-state index in [1.165, 1.54) is 11.9 Å². The van der Waals surface area contributed by atoms with Crippen LogP contribution in [0.15, 0.2) is 24.3 Å². The van der Waals surface area contributed by atoms with Gasteiger partial charge in [-0.1, -0.05) is 0 Å². The minimum absolute atomic E-state index is 0.0573. The number of rotatable bonds is 7. The number of likely N-dealkylation sites (N-methyl/N-ethyl adjacent to an activating group) is 1. The van der Waals surface area contributed by atoms with E-state index in [4.69, 9.17) is 5.26 Å². The maximum atomic E-state index is 12.4. The summed E-state index contributed by atoms with van der Waals surface area (Å²) in [7, 11) is 1.44. The SMILES string of the molecule is CN(CCC#N)C(=O)COC(=O)CNC(=O)c1ccc(C(F)(F)F)cc1. The van der Waals surface area contributed by atoms with Crippen molar-refractivity contribution in [3.8, 4) is 6.07 Å². The Kier molecular flexibility index (Phi) is 7.58. The lowest BCUT2D eigenvalue weighted by atomic mass is 10.1. The average Bonchev–Trinajstić information content (AvgIpc) is 2.61. The third kappa shape index (κ3) is 6.80. The minimum Gasteiger partial charge on any atom is -0.454 e. The average molecular weight is 371 g/mol. The number of ether oxygens (including phenoxy) is 1. The molecular formula is C16H16F3N3O4. The Morgan fingerprint density at radius 1 is 1.23 bits per heavy atom. The van der Waals surface area contributed by atoms with Gasteiger partial charge in [-0.2, -0.15) is 18.4 Å². The largest absolute Gasteiger partial charge is 0.454 e. The number of hydrogen-bond donors (Lipinski definition) is 1. The van der Waals surface area contributed by atoms with E-state index in [0.717, 1.165) is 24.3 Å². The fraction of sp³-hybridized carbons (Fsp3) is 0.375. The van der Waals surface area contributed by atoms with Gasteiger partial charge >= 0.3 is 12.1 Å². The molecule has 0 aliphatic carbocycles. The predicted octanol–water partition coefficient (Wildman–Crippen LogP) is 1.35. The molecule has 0 aliphatic rings. The normalized spacial score (nSPS) is 10.6. The maximum Gasteiger partial charge on any atom is 0.416 e. The van der Waals surface area contributed by atoms with Crippen LogP contribution >= 0.6 is 0 Å². The van der Waals surface area contributed by atoms with Crippen molar-refractivity contribution in [3.05, 3.63) is 35.4 Å². The van der Waals surface area contributed by atoms with E-state index < -0.39 is 42.7 Å². The highest BCUT2D eigenvalue weighted by atomic mass is 19.4. The molecule has 26 heavy (non-hydrogen) atoms. The van der Waals surface area contributed by atoms with Crippen molar-refractivity contribution < 1.29 is 32.3 Å². The lowest BCUT2D eigenvalue weighted by Crippen LogP contribution is -2.35. The lowest BCUT2D eigenvalue weighted by molar-refractivity contribution is -0.150. The van der Waals surface area contributed by atoms with Crippen LogP contribution in [0.3, 0.4) is 0 Å². The summed E-state index contributed by atoms with van der Waals surface area (Å²) >= 11 is 0. The number of amides is 2. The molecule has 1 rings (SSSR count). The number of carbonyl (C=O) groups excluding carboxylic acids is 3. The molecule has 2 amide bonds. The van der Waals surface area contributed by atoms with Crippen molar-refractivity contribution in [3.63, 3.8) is 0 Å². The molecule has 1 N–H and O–H groups in total. The van der Waals surface area contributed by atoms with Gasteiger partial charge in [0, 0.05) is 19.2 Å². The van der Waals surface area contributed by atoms with Gasteiger partial charge in [-0.3, -0.25) is 14.4 Å². The van der Waals surface area contributed by atoms with Crippen LogP contribution in [0, 0.1) is 11.3 Å². The second kappa shape index (κ2) is 9.41. The summed E-state index contributed by atoms with van der Waals surface area (Å²) < 4.78 is 42.0. The number of nitrogens with zero attached hydrogens (tertiary/aromatic N) is 2. The molecule has 0 bridgehead atoms. The zero-order valence-corrected chi connectivity index (χ0v) is 13.8. The van der Waals surface area contributed by atoms with Crippen LogP contribution in [-0.4, -0.2) is 49.4 Å². The van der Waals surface area contributed by atoms with E-state index in [0.29, 0.717) is 0 Å². The van der Waals surface area contributed by atoms with Gasteiger partial charge in [0.1, 0.15) is 6.54 Å². The predicted molar refractivity (Wildman–Crippen MR) is 82.6 cm³/mol. The lowest BCUT2D eigenvalue weighted by Gasteiger charge is -2.15. The first-order valence-electron chi connectivity index (χ1n) is 7.37. The van der Waals surface area contributed by atoms with Gasteiger partial charge < -0.3 is 15.0 Å². The van der Waals surface area contributed by atoms with Crippen molar-refractivity contribution in [1.82, 2.24) is 10.2 Å². The van der Waals surface area contributed by atoms with Crippen LogP contribution in [-0.2, 0) is 20.5 Å². The van der Waals surface area contributed by atoms with Gasteiger partial charge in [-0.25, -0.2) is 0 Å². The Balaban J connectivity index is 2.41. The number of carbonyl (C=O) groups is 3. The standard InChI is InChI=1S/C16H16F3N3O4/c1-22(8-2-7-20)13(23)10-26-14(24)9-21-15(25)11-3-5-12(6-4-11)16(17,18)19/h3-6H,2,8-10H2,1H3,(H,21,25). The number of alkyl halides is 3. The summed E-state index contributed by atoms with van der Waals surface area (Å²) in [6.07, 6.45) is -4.37. The first-order chi connectivity index (χ1) is 12.1. The number of esters is 1. The molecule has 1 aromatic carbocycles. The molecule has 1 aromatic rings. The first kappa shape index (κ1) is 21.0. The number of benzene rings is 1. The number of nitriles is 1. The Labute approximate surface area is 147 Å². The Bertz CT molecular complexity index is 696. The van der Waals surface area contributed by atoms with Gasteiger partial charge in [0.05, 0.1) is 18.1 Å². The fourth-order valence-electron chi connectivity index (χ4n) is 1.71. The van der Waals surface area contributed by atoms with Crippen LogP contribution in [0.4, 0.5) is 13.2 Å². The number of nitrogens with one attached hydrogen (secondary N) is 1. The summed E-state index contributed by atoms with van der Waals surface area (Å²) in [6.45, 7) is -0.899. The third-order valence-corrected chi connectivity index (χ3v) is 3.21. The quantitative estimate of drug-likeness (QED) is 0.730. The monoisotopic (exact) mass is 371 g/mol. The Morgan fingerprint density at radius 2 is 1.85 bits per heavy atom. The van der Waals surface area contributed by atoms with Crippen molar-refractivity contribution in [2.45, 2.75) is 12.6 Å². The highest BCUT2D eigenvalue weighted by Crippen LogP contribution is 2.28. The summed E-state index contributed by atoms with van der Waals surface area (Å²) in [5.74, 6) is -2.15. The first-order valence-corrected chi connectivity index (χ1v) is 7.37. The number of hydrogen-bond acceptors (Lipinski definition) is 5. The topological polar surface area (TPSA) is 99.5 Å². The van der Waals surface area contributed by atoms with E-state index in [1.807, 2.05) is 6.07 Å². The van der Waals surface area contributed by atoms with Crippen LogP contribution < -0.4 is 5.32 Å². The second-order valence-corrected chi connectivity index (χ2v) is 5.14. The second-order valence-electron chi connectivity index (χ2n) is 5.14. The van der Waals surface area contributed by atoms with Crippen molar-refractivity contribution in [2.24, 2.45) is 0 Å². The molecule has 0 unspecified atom stereocenters. The molecule has 0 fully saturated rings. The summed E-state index contributed by atoms with van der Waals surface area (Å²) in [4.78, 5) is 36.1. The van der Waals surface area contributed by atoms with E-state index in [2.05, 4.69) is 10.1 Å². The molecule has 0 saturated heterocycles. The highest BCUT2D eigenvalue weighted by Gasteiger charge is 2.30. The van der Waals surface area contributed by atoms with Crippen molar-refractivity contribution in [1.29, 1.82) is 5.26 Å². The van der Waals surface area contributed by atoms with E-state index in [-0.39, 0.29) is 18.5 Å². The zero-order chi connectivity index (χ0) is 19.7. The molecule has 7 nitrogen and oxygen atoms in total.